The maximum absolute atomic E-state index is 11.8. The number of nitrogens with zero attached hydrogens (tertiary/aromatic N) is 1. The van der Waals surface area contributed by atoms with Crippen molar-refractivity contribution in [2.75, 3.05) is 13.1 Å². The third-order valence-electron chi connectivity index (χ3n) is 3.91. The summed E-state index contributed by atoms with van der Waals surface area (Å²) in [6.07, 6.45) is 6.77. The summed E-state index contributed by atoms with van der Waals surface area (Å²) in [4.78, 5) is 24.8. The van der Waals surface area contributed by atoms with Crippen LogP contribution in [-0.2, 0) is 4.79 Å². The van der Waals surface area contributed by atoms with E-state index < -0.39 is 0 Å². The Morgan fingerprint density at radius 1 is 1.00 bits per heavy atom. The van der Waals surface area contributed by atoms with Crippen molar-refractivity contribution in [3.8, 4) is 0 Å². The van der Waals surface area contributed by atoms with Crippen LogP contribution in [0.4, 0.5) is 4.79 Å². The lowest BCUT2D eigenvalue weighted by molar-refractivity contribution is -0.127. The van der Waals surface area contributed by atoms with Gasteiger partial charge in [-0.2, -0.15) is 0 Å². The first-order chi connectivity index (χ1) is 8.65. The van der Waals surface area contributed by atoms with Crippen molar-refractivity contribution < 1.29 is 9.59 Å². The molecular formula is C13H23N3O2. The Balaban J connectivity index is 1.69. The summed E-state index contributed by atoms with van der Waals surface area (Å²) >= 11 is 0. The Kier molecular flexibility index (Phi) is 4.44. The Bertz CT molecular complexity index is 313. The molecule has 2 fully saturated rings. The van der Waals surface area contributed by atoms with E-state index in [0.717, 1.165) is 25.8 Å². The van der Waals surface area contributed by atoms with Crippen molar-refractivity contribution in [2.45, 2.75) is 57.5 Å². The van der Waals surface area contributed by atoms with Crippen LogP contribution >= 0.6 is 0 Å². The number of hydrogen-bond acceptors (Lipinski definition) is 2. The molecule has 0 radical (unpaired) electrons. The molecule has 0 unspecified atom stereocenters. The Morgan fingerprint density at radius 3 is 2.28 bits per heavy atom. The van der Waals surface area contributed by atoms with E-state index in [1.165, 1.54) is 19.3 Å². The average molecular weight is 253 g/mol. The molecule has 2 N–H and O–H groups in total. The van der Waals surface area contributed by atoms with Gasteiger partial charge in [0, 0.05) is 32.1 Å². The minimum absolute atomic E-state index is 0.0719. The van der Waals surface area contributed by atoms with Gasteiger partial charge in [-0.15, -0.1) is 0 Å². The molecule has 2 rings (SSSR count). The number of urea groups is 1. The van der Waals surface area contributed by atoms with Crippen molar-refractivity contribution >= 4 is 11.9 Å². The average Bonchev–Trinajstić information content (AvgIpc) is 2.78. The molecule has 2 aliphatic rings. The van der Waals surface area contributed by atoms with Gasteiger partial charge in [-0.25, -0.2) is 4.79 Å². The second kappa shape index (κ2) is 6.07. The largest absolute Gasteiger partial charge is 0.341 e. The number of likely N-dealkylation sites (tertiary alicyclic amines) is 1. The molecule has 1 heterocycles. The number of nitrogens with one attached hydrogen (secondary N) is 2. The van der Waals surface area contributed by atoms with Gasteiger partial charge >= 0.3 is 6.03 Å². The quantitative estimate of drug-likeness (QED) is 0.778. The highest BCUT2D eigenvalue weighted by atomic mass is 16.2. The molecule has 0 bridgehead atoms. The van der Waals surface area contributed by atoms with Crippen LogP contribution in [0.15, 0.2) is 0 Å². The number of hydrogen-bond donors (Lipinski definition) is 2. The summed E-state index contributed by atoms with van der Waals surface area (Å²) in [5.74, 6) is 0.0898. The lowest BCUT2D eigenvalue weighted by atomic mass is 9.96. The molecule has 18 heavy (non-hydrogen) atoms. The van der Waals surface area contributed by atoms with E-state index in [0.29, 0.717) is 12.6 Å². The molecule has 102 valence electrons. The molecule has 1 atom stereocenters. The fourth-order valence-corrected chi connectivity index (χ4v) is 2.82. The zero-order valence-corrected chi connectivity index (χ0v) is 11.1. The van der Waals surface area contributed by atoms with Gasteiger partial charge in [0.15, 0.2) is 0 Å². The highest BCUT2D eigenvalue weighted by Crippen LogP contribution is 2.17. The smallest absolute Gasteiger partial charge is 0.315 e. The lowest BCUT2D eigenvalue weighted by Gasteiger charge is -2.24. The van der Waals surface area contributed by atoms with Gasteiger partial charge in [0.05, 0.1) is 0 Å². The maximum Gasteiger partial charge on any atom is 0.315 e. The van der Waals surface area contributed by atoms with Crippen LogP contribution in [0.3, 0.4) is 0 Å². The topological polar surface area (TPSA) is 61.4 Å². The summed E-state index contributed by atoms with van der Waals surface area (Å²) in [7, 11) is 0. The first-order valence-electron chi connectivity index (χ1n) is 6.97. The van der Waals surface area contributed by atoms with E-state index in [1.54, 1.807) is 11.8 Å². The van der Waals surface area contributed by atoms with Crippen molar-refractivity contribution in [3.05, 3.63) is 0 Å². The third-order valence-corrected chi connectivity index (χ3v) is 3.91. The molecule has 3 amide bonds. The highest BCUT2D eigenvalue weighted by molar-refractivity contribution is 5.76. The zero-order chi connectivity index (χ0) is 13.0. The normalized spacial score (nSPS) is 24.9. The summed E-state index contributed by atoms with van der Waals surface area (Å²) in [5.41, 5.74) is 0. The number of rotatable bonds is 2. The molecule has 1 saturated carbocycles. The zero-order valence-electron chi connectivity index (χ0n) is 11.1. The van der Waals surface area contributed by atoms with Gasteiger partial charge in [-0.3, -0.25) is 4.79 Å². The van der Waals surface area contributed by atoms with Crippen LogP contribution < -0.4 is 10.6 Å². The first-order valence-corrected chi connectivity index (χ1v) is 6.97. The van der Waals surface area contributed by atoms with Gasteiger partial charge in [-0.1, -0.05) is 19.3 Å². The Hall–Kier alpha value is -1.26. The Labute approximate surface area is 108 Å². The molecule has 0 aromatic rings. The minimum atomic E-state index is -0.0719. The van der Waals surface area contributed by atoms with Crippen molar-refractivity contribution in [1.82, 2.24) is 15.5 Å². The van der Waals surface area contributed by atoms with Crippen LogP contribution in [-0.4, -0.2) is 42.0 Å². The highest BCUT2D eigenvalue weighted by Gasteiger charge is 2.26. The van der Waals surface area contributed by atoms with Gasteiger partial charge < -0.3 is 15.5 Å². The van der Waals surface area contributed by atoms with E-state index in [4.69, 9.17) is 0 Å². The molecule has 5 nitrogen and oxygen atoms in total. The van der Waals surface area contributed by atoms with Gasteiger partial charge in [-0.05, 0) is 19.3 Å². The van der Waals surface area contributed by atoms with Gasteiger partial charge in [0.2, 0.25) is 5.91 Å². The first kappa shape index (κ1) is 13.2. The summed E-state index contributed by atoms with van der Waals surface area (Å²) in [6, 6.07) is 0.374. The third kappa shape index (κ3) is 3.62. The monoisotopic (exact) mass is 253 g/mol. The van der Waals surface area contributed by atoms with E-state index in [2.05, 4.69) is 10.6 Å². The predicted octanol–water partition coefficient (Wildman–Crippen LogP) is 1.24. The van der Waals surface area contributed by atoms with Gasteiger partial charge in [0.1, 0.15) is 0 Å². The molecule has 1 aliphatic carbocycles. The second-order valence-electron chi connectivity index (χ2n) is 5.40. The minimum Gasteiger partial charge on any atom is -0.341 e. The van der Waals surface area contributed by atoms with Crippen LogP contribution in [0.25, 0.3) is 0 Å². The maximum atomic E-state index is 11.8. The molecule has 0 aromatic carbocycles. The summed E-state index contributed by atoms with van der Waals surface area (Å²) in [6.45, 7) is 2.97. The fourth-order valence-electron chi connectivity index (χ4n) is 2.82. The van der Waals surface area contributed by atoms with Gasteiger partial charge in [0.25, 0.3) is 0 Å². The Morgan fingerprint density at radius 2 is 1.67 bits per heavy atom. The SMILES string of the molecule is CC(=O)N1CC[C@H](NC(=O)NC2CCCCC2)C1. The molecular weight excluding hydrogens is 230 g/mol. The molecule has 0 aromatic heterocycles. The number of carbonyl (C=O) groups is 2. The number of amides is 3. The summed E-state index contributed by atoms with van der Waals surface area (Å²) < 4.78 is 0. The second-order valence-corrected chi connectivity index (χ2v) is 5.40. The molecule has 1 aliphatic heterocycles. The summed E-state index contributed by atoms with van der Waals surface area (Å²) in [5, 5.41) is 6.00. The van der Waals surface area contributed by atoms with Crippen molar-refractivity contribution in [3.63, 3.8) is 0 Å². The van der Waals surface area contributed by atoms with E-state index in [9.17, 15) is 9.59 Å². The fraction of sp³-hybridized carbons (Fsp3) is 0.846. The molecule has 0 spiro atoms. The van der Waals surface area contributed by atoms with Crippen LogP contribution in [0.5, 0.6) is 0 Å². The van der Waals surface area contributed by atoms with E-state index in [1.807, 2.05) is 0 Å². The number of carbonyl (C=O) groups excluding carboxylic acids is 2. The van der Waals surface area contributed by atoms with Crippen LogP contribution in [0.2, 0.25) is 0 Å². The standard InChI is InChI=1S/C13H23N3O2/c1-10(17)16-8-7-12(9-16)15-13(18)14-11-5-3-2-4-6-11/h11-12H,2-9H2,1H3,(H2,14,15,18)/t12-/m0/s1. The van der Waals surface area contributed by atoms with Crippen LogP contribution in [0, 0.1) is 0 Å². The van der Waals surface area contributed by atoms with Crippen LogP contribution in [0.1, 0.15) is 45.4 Å². The van der Waals surface area contributed by atoms with Crippen molar-refractivity contribution in [1.29, 1.82) is 0 Å². The van der Waals surface area contributed by atoms with E-state index in [-0.39, 0.29) is 18.0 Å². The molecule has 1 saturated heterocycles. The predicted molar refractivity (Wildman–Crippen MR) is 69.2 cm³/mol. The molecule has 5 heteroatoms. The van der Waals surface area contributed by atoms with Crippen molar-refractivity contribution in [2.24, 2.45) is 0 Å². The lowest BCUT2D eigenvalue weighted by Crippen LogP contribution is -2.47. The van der Waals surface area contributed by atoms with E-state index >= 15 is 0 Å².